The Kier molecular flexibility index (Phi) is 5.02. The van der Waals surface area contributed by atoms with Crippen molar-refractivity contribution in [3.8, 4) is 11.8 Å². The van der Waals surface area contributed by atoms with Crippen molar-refractivity contribution in [3.63, 3.8) is 0 Å². The summed E-state index contributed by atoms with van der Waals surface area (Å²) in [6.07, 6.45) is 0.883. The van der Waals surface area contributed by atoms with Gasteiger partial charge in [0.1, 0.15) is 11.8 Å². The third kappa shape index (κ3) is 4.03. The van der Waals surface area contributed by atoms with E-state index < -0.39 is 0 Å². The average Bonchev–Trinajstić information content (AvgIpc) is 2.49. The first-order chi connectivity index (χ1) is 9.79. The number of nitriles is 1. The highest BCUT2D eigenvalue weighted by atomic mass is 16.5. The van der Waals surface area contributed by atoms with Gasteiger partial charge in [-0.1, -0.05) is 24.3 Å². The van der Waals surface area contributed by atoms with Crippen LogP contribution in [-0.4, -0.2) is 13.2 Å². The Labute approximate surface area is 119 Å². The number of benzene rings is 2. The van der Waals surface area contributed by atoms with Gasteiger partial charge in [0.2, 0.25) is 0 Å². The Hall–Kier alpha value is -2.47. The van der Waals surface area contributed by atoms with Crippen LogP contribution in [0.25, 0.3) is 0 Å². The predicted molar refractivity (Wildman–Crippen MR) is 80.9 cm³/mol. The third-order valence-electron chi connectivity index (χ3n) is 2.94. The van der Waals surface area contributed by atoms with E-state index in [0.717, 1.165) is 30.0 Å². The van der Waals surface area contributed by atoms with Crippen molar-refractivity contribution >= 4 is 5.69 Å². The summed E-state index contributed by atoms with van der Waals surface area (Å²) in [5, 5.41) is 12.4. The van der Waals surface area contributed by atoms with Crippen LogP contribution >= 0.6 is 0 Å². The van der Waals surface area contributed by atoms with E-state index in [9.17, 15) is 0 Å². The summed E-state index contributed by atoms with van der Waals surface area (Å²) in [5.41, 5.74) is 2.67. The molecule has 102 valence electrons. The number of nitrogens with zero attached hydrogens (tertiary/aromatic N) is 1. The van der Waals surface area contributed by atoms with Gasteiger partial charge in [0.25, 0.3) is 0 Å². The number of para-hydroxylation sites is 1. The number of ether oxygens (including phenoxy) is 1. The van der Waals surface area contributed by atoms with Gasteiger partial charge in [-0.15, -0.1) is 0 Å². The molecule has 3 nitrogen and oxygen atoms in total. The molecule has 0 spiro atoms. The normalized spacial score (nSPS) is 9.80. The fourth-order valence-electron chi connectivity index (χ4n) is 1.91. The van der Waals surface area contributed by atoms with Crippen molar-refractivity contribution in [2.24, 2.45) is 0 Å². The van der Waals surface area contributed by atoms with Crippen LogP contribution < -0.4 is 10.1 Å². The molecule has 0 saturated carbocycles. The maximum absolute atomic E-state index is 9.08. The summed E-state index contributed by atoms with van der Waals surface area (Å²) < 4.78 is 5.61. The predicted octanol–water partition coefficient (Wildman–Crippen LogP) is 3.75. The summed E-state index contributed by atoms with van der Waals surface area (Å²) in [5.74, 6) is 0.889. The van der Waals surface area contributed by atoms with E-state index in [2.05, 4.69) is 11.4 Å². The maximum Gasteiger partial charge on any atom is 0.119 e. The first-order valence-corrected chi connectivity index (χ1v) is 6.72. The van der Waals surface area contributed by atoms with Gasteiger partial charge in [-0.05, 0) is 43.2 Å². The largest absolute Gasteiger partial charge is 0.494 e. The van der Waals surface area contributed by atoms with Gasteiger partial charge in [0.05, 0.1) is 17.9 Å². The first kappa shape index (κ1) is 14.0. The van der Waals surface area contributed by atoms with Gasteiger partial charge < -0.3 is 10.1 Å². The van der Waals surface area contributed by atoms with E-state index >= 15 is 0 Å². The molecule has 0 unspecified atom stereocenters. The number of hydrogen-bond acceptors (Lipinski definition) is 3. The molecule has 0 radical (unpaired) electrons. The van der Waals surface area contributed by atoms with Crippen LogP contribution in [-0.2, 0) is 0 Å². The highest BCUT2D eigenvalue weighted by Gasteiger charge is 2.01. The molecule has 0 saturated heterocycles. The zero-order valence-corrected chi connectivity index (χ0v) is 11.6. The van der Waals surface area contributed by atoms with Gasteiger partial charge in [0, 0.05) is 6.54 Å². The van der Waals surface area contributed by atoms with Crippen LogP contribution in [0.5, 0.6) is 5.75 Å². The second kappa shape index (κ2) is 7.20. The second-order valence-electron chi connectivity index (χ2n) is 4.60. The summed E-state index contributed by atoms with van der Waals surface area (Å²) in [6, 6.07) is 17.8. The minimum atomic E-state index is 0.658. The molecule has 2 aromatic rings. The highest BCUT2D eigenvalue weighted by molar-refractivity contribution is 5.58. The second-order valence-corrected chi connectivity index (χ2v) is 4.60. The molecule has 2 aromatic carbocycles. The SMILES string of the molecule is Cc1ccc(NCCCOc2ccccc2)c(C#N)c1. The number of anilines is 1. The summed E-state index contributed by atoms with van der Waals surface area (Å²) >= 11 is 0. The maximum atomic E-state index is 9.08. The summed E-state index contributed by atoms with van der Waals surface area (Å²) in [6.45, 7) is 3.42. The minimum Gasteiger partial charge on any atom is -0.494 e. The zero-order valence-electron chi connectivity index (χ0n) is 11.6. The lowest BCUT2D eigenvalue weighted by molar-refractivity contribution is 0.315. The van der Waals surface area contributed by atoms with E-state index in [1.54, 1.807) is 0 Å². The smallest absolute Gasteiger partial charge is 0.119 e. The molecule has 1 N–H and O–H groups in total. The lowest BCUT2D eigenvalue weighted by Gasteiger charge is -2.09. The van der Waals surface area contributed by atoms with Gasteiger partial charge >= 0.3 is 0 Å². The highest BCUT2D eigenvalue weighted by Crippen LogP contribution is 2.16. The lowest BCUT2D eigenvalue weighted by Crippen LogP contribution is -2.08. The van der Waals surface area contributed by atoms with Crippen LogP contribution in [0, 0.1) is 18.3 Å². The average molecular weight is 266 g/mol. The molecule has 0 atom stereocenters. The Morgan fingerprint density at radius 1 is 1.15 bits per heavy atom. The van der Waals surface area contributed by atoms with Gasteiger partial charge in [0.15, 0.2) is 0 Å². The van der Waals surface area contributed by atoms with Crippen molar-refractivity contribution < 1.29 is 4.74 Å². The molecule has 0 aliphatic rings. The van der Waals surface area contributed by atoms with Crippen molar-refractivity contribution in [1.29, 1.82) is 5.26 Å². The van der Waals surface area contributed by atoms with Crippen LogP contribution in [0.15, 0.2) is 48.5 Å². The monoisotopic (exact) mass is 266 g/mol. The number of hydrogen-bond donors (Lipinski definition) is 1. The van der Waals surface area contributed by atoms with Crippen LogP contribution in [0.1, 0.15) is 17.5 Å². The Balaban J connectivity index is 1.75. The topological polar surface area (TPSA) is 45.0 Å². The van der Waals surface area contributed by atoms with E-state index in [1.165, 1.54) is 0 Å². The molecule has 0 bridgehead atoms. The Morgan fingerprint density at radius 2 is 1.95 bits per heavy atom. The van der Waals surface area contributed by atoms with Gasteiger partial charge in [-0.3, -0.25) is 0 Å². The summed E-state index contributed by atoms with van der Waals surface area (Å²) in [4.78, 5) is 0. The number of aryl methyl sites for hydroxylation is 1. The van der Waals surface area contributed by atoms with Crippen molar-refractivity contribution in [3.05, 3.63) is 59.7 Å². The number of nitrogens with one attached hydrogen (secondary N) is 1. The van der Waals surface area contributed by atoms with Crippen molar-refractivity contribution in [1.82, 2.24) is 0 Å². The number of rotatable bonds is 6. The zero-order chi connectivity index (χ0) is 14.2. The standard InChI is InChI=1S/C17H18N2O/c1-14-8-9-17(15(12-14)13-18)19-10-5-11-20-16-6-3-2-4-7-16/h2-4,6-9,12,19H,5,10-11H2,1H3. The van der Waals surface area contributed by atoms with Gasteiger partial charge in [-0.25, -0.2) is 0 Å². The van der Waals surface area contributed by atoms with E-state index in [-0.39, 0.29) is 0 Å². The molecular formula is C17H18N2O. The fraction of sp³-hybridized carbons (Fsp3) is 0.235. The molecule has 0 heterocycles. The fourth-order valence-corrected chi connectivity index (χ4v) is 1.91. The van der Waals surface area contributed by atoms with Crippen molar-refractivity contribution in [2.75, 3.05) is 18.5 Å². The molecule has 0 amide bonds. The molecular weight excluding hydrogens is 248 g/mol. The molecule has 0 aliphatic carbocycles. The first-order valence-electron chi connectivity index (χ1n) is 6.72. The quantitative estimate of drug-likeness (QED) is 0.810. The van der Waals surface area contributed by atoms with E-state index in [1.807, 2.05) is 55.5 Å². The van der Waals surface area contributed by atoms with Crippen molar-refractivity contribution in [2.45, 2.75) is 13.3 Å². The van der Waals surface area contributed by atoms with E-state index in [4.69, 9.17) is 10.00 Å². The summed E-state index contributed by atoms with van der Waals surface area (Å²) in [7, 11) is 0. The molecule has 0 aliphatic heterocycles. The van der Waals surface area contributed by atoms with Crippen LogP contribution in [0.3, 0.4) is 0 Å². The van der Waals surface area contributed by atoms with Crippen LogP contribution in [0.4, 0.5) is 5.69 Å². The van der Waals surface area contributed by atoms with E-state index in [0.29, 0.717) is 12.2 Å². The molecule has 3 heteroatoms. The molecule has 0 fully saturated rings. The lowest BCUT2D eigenvalue weighted by atomic mass is 10.1. The Morgan fingerprint density at radius 3 is 2.70 bits per heavy atom. The van der Waals surface area contributed by atoms with Crippen LogP contribution in [0.2, 0.25) is 0 Å². The molecule has 20 heavy (non-hydrogen) atoms. The Bertz CT molecular complexity index is 588. The molecule has 2 rings (SSSR count). The minimum absolute atomic E-state index is 0.658. The third-order valence-corrected chi connectivity index (χ3v) is 2.94. The van der Waals surface area contributed by atoms with Gasteiger partial charge in [-0.2, -0.15) is 5.26 Å². The molecule has 0 aromatic heterocycles.